The molecule has 1 N–H and O–H groups in total. The first-order valence-electron chi connectivity index (χ1n) is 10.1. The van der Waals surface area contributed by atoms with Crippen LogP contribution in [0.5, 0.6) is 11.5 Å². The Bertz CT molecular complexity index is 790. The summed E-state index contributed by atoms with van der Waals surface area (Å²) in [5, 5.41) is 3.11. The second-order valence-corrected chi connectivity index (χ2v) is 7.05. The zero-order valence-electron chi connectivity index (χ0n) is 17.2. The quantitative estimate of drug-likeness (QED) is 0.623. The maximum Gasteiger partial charge on any atom is 0.255 e. The Morgan fingerprint density at radius 2 is 1.69 bits per heavy atom. The summed E-state index contributed by atoms with van der Waals surface area (Å²) in [5.74, 6) is 1.27. The van der Waals surface area contributed by atoms with Gasteiger partial charge in [0.05, 0.1) is 25.3 Å². The van der Waals surface area contributed by atoms with Crippen LogP contribution in [-0.2, 0) is 4.74 Å². The van der Waals surface area contributed by atoms with Gasteiger partial charge in [-0.3, -0.25) is 9.69 Å². The van der Waals surface area contributed by atoms with E-state index in [1.54, 1.807) is 20.3 Å². The Balaban J connectivity index is 1.74. The molecule has 3 rings (SSSR count). The molecule has 1 atom stereocenters. The second-order valence-electron chi connectivity index (χ2n) is 7.05. The second kappa shape index (κ2) is 10.8. The molecule has 1 heterocycles. The van der Waals surface area contributed by atoms with Gasteiger partial charge in [-0.15, -0.1) is 0 Å². The van der Waals surface area contributed by atoms with Crippen molar-refractivity contribution in [1.82, 2.24) is 10.2 Å². The summed E-state index contributed by atoms with van der Waals surface area (Å²) in [5.41, 5.74) is 1.63. The molecular weight excluding hydrogens is 368 g/mol. The van der Waals surface area contributed by atoms with E-state index in [1.165, 1.54) is 12.8 Å². The number of nitrogens with zero attached hydrogens (tertiary/aromatic N) is 1. The zero-order valence-corrected chi connectivity index (χ0v) is 17.2. The predicted molar refractivity (Wildman–Crippen MR) is 113 cm³/mol. The number of benzene rings is 2. The van der Waals surface area contributed by atoms with Crippen molar-refractivity contribution in [2.24, 2.45) is 0 Å². The van der Waals surface area contributed by atoms with Crippen LogP contribution in [0.15, 0.2) is 48.5 Å². The summed E-state index contributed by atoms with van der Waals surface area (Å²) in [6.07, 6.45) is 2.35. The van der Waals surface area contributed by atoms with Crippen LogP contribution in [-0.4, -0.2) is 57.9 Å². The lowest BCUT2D eigenvalue weighted by Gasteiger charge is -2.29. The lowest BCUT2D eigenvalue weighted by Crippen LogP contribution is -2.37. The smallest absolute Gasteiger partial charge is 0.255 e. The number of rotatable bonds is 10. The molecule has 1 saturated heterocycles. The molecule has 0 aromatic heterocycles. The molecule has 1 aliphatic heterocycles. The molecule has 0 radical (unpaired) electrons. The van der Waals surface area contributed by atoms with Crippen molar-refractivity contribution in [1.29, 1.82) is 0 Å². The van der Waals surface area contributed by atoms with Gasteiger partial charge in [0.25, 0.3) is 5.91 Å². The van der Waals surface area contributed by atoms with E-state index < -0.39 is 0 Å². The molecule has 6 nitrogen and oxygen atoms in total. The van der Waals surface area contributed by atoms with Gasteiger partial charge in [-0.25, -0.2) is 0 Å². The fraction of sp³-hybridized carbons (Fsp3) is 0.435. The van der Waals surface area contributed by atoms with Gasteiger partial charge in [0.1, 0.15) is 18.1 Å². The highest BCUT2D eigenvalue weighted by atomic mass is 16.5. The largest absolute Gasteiger partial charge is 0.496 e. The van der Waals surface area contributed by atoms with Gasteiger partial charge < -0.3 is 19.5 Å². The molecule has 1 unspecified atom stereocenters. The van der Waals surface area contributed by atoms with Crippen molar-refractivity contribution in [2.75, 3.05) is 47.1 Å². The third-order valence-electron chi connectivity index (χ3n) is 5.21. The van der Waals surface area contributed by atoms with Crippen LogP contribution in [0.2, 0.25) is 0 Å². The third-order valence-corrected chi connectivity index (χ3v) is 5.21. The van der Waals surface area contributed by atoms with Crippen molar-refractivity contribution < 1.29 is 19.0 Å². The summed E-state index contributed by atoms with van der Waals surface area (Å²) >= 11 is 0. The van der Waals surface area contributed by atoms with Crippen LogP contribution in [0.25, 0.3) is 0 Å². The van der Waals surface area contributed by atoms with Gasteiger partial charge in [-0.05, 0) is 44.1 Å². The first kappa shape index (κ1) is 21.1. The van der Waals surface area contributed by atoms with Crippen molar-refractivity contribution in [2.45, 2.75) is 18.9 Å². The van der Waals surface area contributed by atoms with Gasteiger partial charge in [0.2, 0.25) is 0 Å². The zero-order chi connectivity index (χ0) is 20.5. The molecule has 0 aliphatic carbocycles. The number of para-hydroxylation sites is 2. The molecule has 1 aliphatic rings. The van der Waals surface area contributed by atoms with E-state index in [2.05, 4.69) is 16.3 Å². The van der Waals surface area contributed by atoms with E-state index in [0.29, 0.717) is 31.1 Å². The van der Waals surface area contributed by atoms with Crippen molar-refractivity contribution in [3.05, 3.63) is 59.7 Å². The Kier molecular flexibility index (Phi) is 7.90. The van der Waals surface area contributed by atoms with E-state index >= 15 is 0 Å². The highest BCUT2D eigenvalue weighted by Gasteiger charge is 2.26. The number of ether oxygens (including phenoxy) is 3. The molecular formula is C23H30N2O4. The number of likely N-dealkylation sites (tertiary alicyclic amines) is 1. The van der Waals surface area contributed by atoms with Crippen LogP contribution >= 0.6 is 0 Å². The van der Waals surface area contributed by atoms with Crippen molar-refractivity contribution in [3.63, 3.8) is 0 Å². The van der Waals surface area contributed by atoms with Crippen LogP contribution in [0.4, 0.5) is 0 Å². The van der Waals surface area contributed by atoms with Gasteiger partial charge in [-0.2, -0.15) is 0 Å². The minimum atomic E-state index is -0.142. The summed E-state index contributed by atoms with van der Waals surface area (Å²) < 4.78 is 16.3. The molecule has 29 heavy (non-hydrogen) atoms. The lowest BCUT2D eigenvalue weighted by atomic mass is 10.0. The van der Waals surface area contributed by atoms with E-state index in [4.69, 9.17) is 14.2 Å². The molecule has 156 valence electrons. The van der Waals surface area contributed by atoms with Crippen LogP contribution in [0, 0.1) is 0 Å². The molecule has 1 fully saturated rings. The minimum Gasteiger partial charge on any atom is -0.496 e. The number of carbonyl (C=O) groups is 1. The van der Waals surface area contributed by atoms with Gasteiger partial charge in [0, 0.05) is 19.2 Å². The first-order valence-corrected chi connectivity index (χ1v) is 10.1. The molecule has 0 bridgehead atoms. The number of carbonyl (C=O) groups excluding carboxylic acids is 1. The summed E-state index contributed by atoms with van der Waals surface area (Å²) in [4.78, 5) is 15.3. The number of hydrogen-bond acceptors (Lipinski definition) is 5. The topological polar surface area (TPSA) is 60.0 Å². The van der Waals surface area contributed by atoms with Crippen LogP contribution in [0.3, 0.4) is 0 Å². The Morgan fingerprint density at radius 1 is 1.00 bits per heavy atom. The number of amides is 1. The van der Waals surface area contributed by atoms with E-state index in [1.807, 2.05) is 36.4 Å². The fourth-order valence-electron chi connectivity index (χ4n) is 3.73. The molecule has 6 heteroatoms. The fourth-order valence-corrected chi connectivity index (χ4v) is 3.73. The van der Waals surface area contributed by atoms with Gasteiger partial charge in [-0.1, -0.05) is 30.3 Å². The summed E-state index contributed by atoms with van der Waals surface area (Å²) in [7, 11) is 3.31. The average molecular weight is 399 g/mol. The monoisotopic (exact) mass is 398 g/mol. The number of methoxy groups -OCH3 is 2. The van der Waals surface area contributed by atoms with E-state index in [9.17, 15) is 4.79 Å². The Labute approximate surface area is 172 Å². The predicted octanol–water partition coefficient (Wildman–Crippen LogP) is 3.29. The SMILES string of the molecule is COCCOc1ccccc1C(=O)NCC(c1ccccc1OC)N1CCCC1. The maximum absolute atomic E-state index is 12.9. The molecule has 1 amide bonds. The normalized spacial score (nSPS) is 15.1. The first-order chi connectivity index (χ1) is 14.2. The van der Waals surface area contributed by atoms with Gasteiger partial charge in [0.15, 0.2) is 0 Å². The van der Waals surface area contributed by atoms with E-state index in [-0.39, 0.29) is 11.9 Å². The lowest BCUT2D eigenvalue weighted by molar-refractivity contribution is 0.0929. The van der Waals surface area contributed by atoms with Gasteiger partial charge >= 0.3 is 0 Å². The summed E-state index contributed by atoms with van der Waals surface area (Å²) in [6, 6.07) is 15.4. The molecule has 0 spiro atoms. The van der Waals surface area contributed by atoms with Crippen molar-refractivity contribution in [3.8, 4) is 11.5 Å². The highest BCUT2D eigenvalue weighted by molar-refractivity contribution is 5.96. The Hall–Kier alpha value is -2.57. The van der Waals surface area contributed by atoms with E-state index in [0.717, 1.165) is 24.4 Å². The minimum absolute atomic E-state index is 0.0687. The van der Waals surface area contributed by atoms with Crippen LogP contribution in [0.1, 0.15) is 34.8 Å². The Morgan fingerprint density at radius 3 is 2.41 bits per heavy atom. The number of nitrogens with one attached hydrogen (secondary N) is 1. The van der Waals surface area contributed by atoms with Crippen LogP contribution < -0.4 is 14.8 Å². The average Bonchev–Trinajstić information content (AvgIpc) is 3.29. The molecule has 2 aromatic carbocycles. The highest BCUT2D eigenvalue weighted by Crippen LogP contribution is 2.31. The number of hydrogen-bond donors (Lipinski definition) is 1. The standard InChI is InChI=1S/C23H30N2O4/c1-27-15-16-29-22-12-6-4-10-19(22)23(26)24-17-20(25-13-7-8-14-25)18-9-3-5-11-21(18)28-2/h3-6,9-12,20H,7-8,13-17H2,1-2H3,(H,24,26). The third kappa shape index (κ3) is 5.49. The summed E-state index contributed by atoms with van der Waals surface area (Å²) in [6.45, 7) is 3.43. The maximum atomic E-state index is 12.9. The van der Waals surface area contributed by atoms with Crippen molar-refractivity contribution >= 4 is 5.91 Å². The molecule has 2 aromatic rings. The molecule has 0 saturated carbocycles.